The molecule has 0 saturated carbocycles. The van der Waals surface area contributed by atoms with E-state index in [-0.39, 0.29) is 18.1 Å². The summed E-state index contributed by atoms with van der Waals surface area (Å²) >= 11 is 0. The van der Waals surface area contributed by atoms with Crippen molar-refractivity contribution in [2.75, 3.05) is 17.1 Å². The molecule has 140 valence electrons. The zero-order chi connectivity index (χ0) is 19.2. The number of carbonyl (C=O) groups excluding carboxylic acids is 1. The molecule has 5 nitrogen and oxygen atoms in total. The number of unbranched alkanes of at least 4 members (excludes halogenated alkanes) is 1. The van der Waals surface area contributed by atoms with Crippen molar-refractivity contribution in [1.29, 1.82) is 0 Å². The van der Waals surface area contributed by atoms with Crippen LogP contribution in [-0.4, -0.2) is 27.1 Å². The fourth-order valence-electron chi connectivity index (χ4n) is 2.44. The molecule has 0 aromatic heterocycles. The van der Waals surface area contributed by atoms with Crippen LogP contribution in [0.4, 0.5) is 10.1 Å². The monoisotopic (exact) mass is 378 g/mol. The van der Waals surface area contributed by atoms with Crippen LogP contribution in [0.5, 0.6) is 0 Å². The van der Waals surface area contributed by atoms with Gasteiger partial charge in [0.05, 0.1) is 18.5 Å². The second-order valence-electron chi connectivity index (χ2n) is 6.03. The molecule has 0 saturated heterocycles. The smallest absolute Gasteiger partial charge is 0.251 e. The maximum Gasteiger partial charge on any atom is 0.251 e. The Kier molecular flexibility index (Phi) is 6.74. The molecule has 0 aliphatic heterocycles. The zero-order valence-electron chi connectivity index (χ0n) is 14.9. The van der Waals surface area contributed by atoms with E-state index in [4.69, 9.17) is 0 Å². The highest BCUT2D eigenvalue weighted by Gasteiger charge is 2.21. The number of nitrogens with zero attached hydrogens (tertiary/aromatic N) is 1. The second-order valence-corrected chi connectivity index (χ2v) is 7.93. The molecule has 1 amide bonds. The van der Waals surface area contributed by atoms with Crippen molar-refractivity contribution in [3.63, 3.8) is 0 Å². The molecule has 0 heterocycles. The third kappa shape index (κ3) is 5.29. The van der Waals surface area contributed by atoms with Gasteiger partial charge in [-0.3, -0.25) is 9.10 Å². The molecular formula is C19H23FN2O3S. The van der Waals surface area contributed by atoms with Gasteiger partial charge in [0.1, 0.15) is 5.82 Å². The van der Waals surface area contributed by atoms with Crippen molar-refractivity contribution in [3.8, 4) is 0 Å². The SMILES string of the molecule is CCCCNC(=O)c1ccc(CN(c2ccccc2F)S(C)(=O)=O)cc1. The van der Waals surface area contributed by atoms with Crippen molar-refractivity contribution in [2.24, 2.45) is 0 Å². The summed E-state index contributed by atoms with van der Waals surface area (Å²) in [5, 5.41) is 2.82. The molecule has 0 fully saturated rings. The van der Waals surface area contributed by atoms with Gasteiger partial charge >= 0.3 is 0 Å². The topological polar surface area (TPSA) is 66.5 Å². The summed E-state index contributed by atoms with van der Waals surface area (Å²) in [6, 6.07) is 12.4. The summed E-state index contributed by atoms with van der Waals surface area (Å²) in [6.07, 6.45) is 2.95. The number of hydrogen-bond acceptors (Lipinski definition) is 3. The summed E-state index contributed by atoms with van der Waals surface area (Å²) in [5.74, 6) is -0.774. The Balaban J connectivity index is 2.17. The lowest BCUT2D eigenvalue weighted by Gasteiger charge is -2.23. The number of para-hydroxylation sites is 1. The first-order valence-electron chi connectivity index (χ1n) is 8.42. The van der Waals surface area contributed by atoms with Crippen LogP contribution in [0.1, 0.15) is 35.7 Å². The average Bonchev–Trinajstić information content (AvgIpc) is 2.60. The van der Waals surface area contributed by atoms with Crippen LogP contribution in [0.3, 0.4) is 0 Å². The predicted molar refractivity (Wildman–Crippen MR) is 101 cm³/mol. The molecule has 2 rings (SSSR count). The van der Waals surface area contributed by atoms with E-state index in [0.717, 1.165) is 23.4 Å². The van der Waals surface area contributed by atoms with Crippen LogP contribution in [0, 0.1) is 5.82 Å². The zero-order valence-corrected chi connectivity index (χ0v) is 15.7. The molecule has 7 heteroatoms. The average molecular weight is 378 g/mol. The standard InChI is InChI=1S/C19H23FN2O3S/c1-3-4-13-21-19(23)16-11-9-15(10-12-16)14-22(26(2,24)25)18-8-6-5-7-17(18)20/h5-12H,3-4,13-14H2,1-2H3,(H,21,23). The van der Waals surface area contributed by atoms with E-state index in [0.29, 0.717) is 17.7 Å². The van der Waals surface area contributed by atoms with Crippen LogP contribution in [0.2, 0.25) is 0 Å². The Labute approximate surface area is 153 Å². The molecule has 2 aromatic rings. The van der Waals surface area contributed by atoms with E-state index in [1.165, 1.54) is 18.2 Å². The molecule has 0 aliphatic rings. The van der Waals surface area contributed by atoms with Gasteiger partial charge < -0.3 is 5.32 Å². The van der Waals surface area contributed by atoms with Crippen molar-refractivity contribution in [3.05, 3.63) is 65.5 Å². The molecule has 1 N–H and O–H groups in total. The fourth-order valence-corrected chi connectivity index (χ4v) is 3.33. The van der Waals surface area contributed by atoms with E-state index in [1.54, 1.807) is 30.3 Å². The van der Waals surface area contributed by atoms with Crippen LogP contribution in [-0.2, 0) is 16.6 Å². The summed E-state index contributed by atoms with van der Waals surface area (Å²) in [5.41, 5.74) is 1.15. The third-order valence-electron chi connectivity index (χ3n) is 3.88. The molecule has 0 bridgehead atoms. The maximum atomic E-state index is 14.0. The highest BCUT2D eigenvalue weighted by atomic mass is 32.2. The first-order chi connectivity index (χ1) is 12.3. The van der Waals surface area contributed by atoms with Gasteiger partial charge in [0.15, 0.2) is 0 Å². The number of halogens is 1. The molecule has 0 spiro atoms. The van der Waals surface area contributed by atoms with Gasteiger partial charge in [-0.1, -0.05) is 37.6 Å². The molecule has 2 aromatic carbocycles. The van der Waals surface area contributed by atoms with Gasteiger partial charge in [0.25, 0.3) is 5.91 Å². The van der Waals surface area contributed by atoms with Crippen LogP contribution >= 0.6 is 0 Å². The summed E-state index contributed by atoms with van der Waals surface area (Å²) in [4.78, 5) is 12.0. The van der Waals surface area contributed by atoms with Gasteiger partial charge in [0, 0.05) is 12.1 Å². The summed E-state index contributed by atoms with van der Waals surface area (Å²) in [7, 11) is -3.67. The Hall–Kier alpha value is -2.41. The Morgan fingerprint density at radius 1 is 1.12 bits per heavy atom. The highest BCUT2D eigenvalue weighted by Crippen LogP contribution is 2.23. The number of hydrogen-bond donors (Lipinski definition) is 1. The van der Waals surface area contributed by atoms with Gasteiger partial charge in [-0.05, 0) is 36.2 Å². The van der Waals surface area contributed by atoms with Gasteiger partial charge in [0.2, 0.25) is 10.0 Å². The lowest BCUT2D eigenvalue weighted by atomic mass is 10.1. The van der Waals surface area contributed by atoms with Gasteiger partial charge in [-0.2, -0.15) is 0 Å². The van der Waals surface area contributed by atoms with Crippen LogP contribution in [0.25, 0.3) is 0 Å². The Morgan fingerprint density at radius 2 is 1.77 bits per heavy atom. The van der Waals surface area contributed by atoms with E-state index >= 15 is 0 Å². The maximum absolute atomic E-state index is 14.0. The summed E-state index contributed by atoms with van der Waals surface area (Å²) < 4.78 is 39.3. The number of anilines is 1. The van der Waals surface area contributed by atoms with E-state index in [2.05, 4.69) is 5.32 Å². The lowest BCUT2D eigenvalue weighted by Crippen LogP contribution is -2.30. The Morgan fingerprint density at radius 3 is 2.35 bits per heavy atom. The van der Waals surface area contributed by atoms with Crippen molar-refractivity contribution >= 4 is 21.6 Å². The molecule has 0 radical (unpaired) electrons. The van der Waals surface area contributed by atoms with E-state index in [9.17, 15) is 17.6 Å². The van der Waals surface area contributed by atoms with Gasteiger partial charge in [-0.25, -0.2) is 12.8 Å². The van der Waals surface area contributed by atoms with Crippen LogP contribution in [0.15, 0.2) is 48.5 Å². The minimum Gasteiger partial charge on any atom is -0.352 e. The molecule has 26 heavy (non-hydrogen) atoms. The van der Waals surface area contributed by atoms with E-state index in [1.807, 2.05) is 6.92 Å². The normalized spacial score (nSPS) is 11.2. The largest absolute Gasteiger partial charge is 0.352 e. The highest BCUT2D eigenvalue weighted by molar-refractivity contribution is 7.92. The van der Waals surface area contributed by atoms with Crippen molar-refractivity contribution in [2.45, 2.75) is 26.3 Å². The van der Waals surface area contributed by atoms with Gasteiger partial charge in [-0.15, -0.1) is 0 Å². The molecule has 0 unspecified atom stereocenters. The van der Waals surface area contributed by atoms with Crippen LogP contribution < -0.4 is 9.62 Å². The second kappa shape index (κ2) is 8.80. The molecule has 0 aliphatic carbocycles. The molecule has 0 atom stereocenters. The minimum absolute atomic E-state index is 0.00335. The number of nitrogens with one attached hydrogen (secondary N) is 1. The molecular weight excluding hydrogens is 355 g/mol. The third-order valence-corrected chi connectivity index (χ3v) is 5.01. The first kappa shape index (κ1) is 19.9. The van der Waals surface area contributed by atoms with E-state index < -0.39 is 15.8 Å². The van der Waals surface area contributed by atoms with Crippen molar-refractivity contribution in [1.82, 2.24) is 5.32 Å². The quantitative estimate of drug-likeness (QED) is 0.717. The predicted octanol–water partition coefficient (Wildman–Crippen LogP) is 3.32. The fraction of sp³-hybridized carbons (Fsp3) is 0.316. The summed E-state index contributed by atoms with van der Waals surface area (Å²) in [6.45, 7) is 2.65. The number of benzene rings is 2. The minimum atomic E-state index is -3.67. The number of carbonyl (C=O) groups is 1. The lowest BCUT2D eigenvalue weighted by molar-refractivity contribution is 0.0953. The number of sulfonamides is 1. The number of amides is 1. The Bertz CT molecular complexity index is 851. The first-order valence-corrected chi connectivity index (χ1v) is 10.3. The van der Waals surface area contributed by atoms with Crippen molar-refractivity contribution < 1.29 is 17.6 Å². The number of rotatable bonds is 8.